The Morgan fingerprint density at radius 3 is 2.52 bits per heavy atom. The predicted octanol–water partition coefficient (Wildman–Crippen LogP) is -0.820. The molecule has 13 heteroatoms. The maximum absolute atomic E-state index is 13.7. The molecular weight excluding hydrogens is 525 g/mol. The van der Waals surface area contributed by atoms with Gasteiger partial charge in [0.25, 0.3) is 0 Å². The van der Waals surface area contributed by atoms with Gasteiger partial charge in [0.1, 0.15) is 29.5 Å². The van der Waals surface area contributed by atoms with Gasteiger partial charge < -0.3 is 45.0 Å². The number of ketones is 3. The molecule has 1 aliphatic heterocycles. The zero-order chi connectivity index (χ0) is 29.1. The lowest BCUT2D eigenvalue weighted by molar-refractivity contribution is -0.248. The van der Waals surface area contributed by atoms with E-state index in [1.54, 1.807) is 14.9 Å². The first-order valence-corrected chi connectivity index (χ1v) is 12.9. The molecule has 2 aromatic carbocycles. The summed E-state index contributed by atoms with van der Waals surface area (Å²) < 4.78 is 17.2. The van der Waals surface area contributed by atoms with Gasteiger partial charge in [-0.3, -0.25) is 14.4 Å². The smallest absolute Gasteiger partial charge is 0.202 e. The number of aromatic hydroxyl groups is 2. The van der Waals surface area contributed by atoms with Crippen LogP contribution in [0.3, 0.4) is 0 Å². The van der Waals surface area contributed by atoms with Gasteiger partial charge in [-0.1, -0.05) is 12.1 Å². The van der Waals surface area contributed by atoms with E-state index in [-0.39, 0.29) is 34.4 Å². The van der Waals surface area contributed by atoms with E-state index >= 15 is 0 Å². The molecule has 6 atom stereocenters. The van der Waals surface area contributed by atoms with Gasteiger partial charge in [-0.25, -0.2) is 0 Å². The van der Waals surface area contributed by atoms with Gasteiger partial charge in [0.05, 0.1) is 42.1 Å². The van der Waals surface area contributed by atoms with Crippen molar-refractivity contribution < 1.29 is 54.1 Å². The number of Topliss-reactive ketones (excluding diaryl/α,β-unsaturated/α-hetero) is 1. The third kappa shape index (κ3) is 4.21. The molecular formula is C27H30BNO11. The number of rotatable bonds is 6. The van der Waals surface area contributed by atoms with Crippen molar-refractivity contribution in [2.24, 2.45) is 0 Å². The van der Waals surface area contributed by atoms with Crippen molar-refractivity contribution >= 4 is 25.3 Å². The van der Waals surface area contributed by atoms with Crippen LogP contribution in [0.4, 0.5) is 0 Å². The van der Waals surface area contributed by atoms with E-state index in [1.807, 2.05) is 0 Å². The zero-order valence-electron chi connectivity index (χ0n) is 22.1. The lowest BCUT2D eigenvalue weighted by Gasteiger charge is -2.42. The number of aliphatic hydroxyl groups excluding tert-OH is 2. The Hall–Kier alpha value is -3.33. The number of fused-ring (bicyclic) bond motifs is 3. The Labute approximate surface area is 229 Å². The highest BCUT2D eigenvalue weighted by Crippen LogP contribution is 2.52. The fourth-order valence-electron chi connectivity index (χ4n) is 6.00. The molecule has 6 N–H and O–H groups in total. The predicted molar refractivity (Wildman–Crippen MR) is 139 cm³/mol. The summed E-state index contributed by atoms with van der Waals surface area (Å²) in [7, 11) is 2.99. The van der Waals surface area contributed by atoms with E-state index < -0.39 is 95.7 Å². The highest BCUT2D eigenvalue weighted by Gasteiger charge is 2.50. The van der Waals surface area contributed by atoms with Crippen LogP contribution >= 0.6 is 0 Å². The summed E-state index contributed by atoms with van der Waals surface area (Å²) in [5.41, 5.74) is -3.52. The van der Waals surface area contributed by atoms with Gasteiger partial charge in [0.15, 0.2) is 25.8 Å². The van der Waals surface area contributed by atoms with Crippen LogP contribution in [-0.4, -0.2) is 94.7 Å². The maximum atomic E-state index is 13.7. The highest BCUT2D eigenvalue weighted by atomic mass is 16.7. The minimum Gasteiger partial charge on any atom is -0.507 e. The van der Waals surface area contributed by atoms with E-state index in [2.05, 4.69) is 5.23 Å². The van der Waals surface area contributed by atoms with Crippen LogP contribution in [0.5, 0.6) is 17.2 Å². The summed E-state index contributed by atoms with van der Waals surface area (Å²) in [6, 6.07) is 3.96. The summed E-state index contributed by atoms with van der Waals surface area (Å²) in [5.74, 6) is -3.69. The second kappa shape index (κ2) is 10.3. The highest BCUT2D eigenvalue weighted by molar-refractivity contribution is 6.31. The van der Waals surface area contributed by atoms with Crippen LogP contribution in [0.2, 0.25) is 0 Å². The summed E-state index contributed by atoms with van der Waals surface area (Å²) in [6.45, 7) is 0.631. The molecule has 1 saturated heterocycles. The molecule has 0 radical (unpaired) electrons. The first kappa shape index (κ1) is 28.2. The number of ether oxygens (including phenoxy) is 3. The van der Waals surface area contributed by atoms with Gasteiger partial charge >= 0.3 is 0 Å². The SMILES string of the molecule is BN[C@H]1C[C@H](O[C@H]2C[C@](O)(C(=O)CO)Cc3c(O)c4c(c(O)c32)C(=O)c2c(OC)cccc2C4=O)O[C@@H](C)[C@@H]1O. The Morgan fingerprint density at radius 2 is 1.88 bits per heavy atom. The number of methoxy groups -OCH3 is 1. The first-order chi connectivity index (χ1) is 19.0. The van der Waals surface area contributed by atoms with E-state index in [0.29, 0.717) is 0 Å². The van der Waals surface area contributed by atoms with Crippen molar-refractivity contribution in [3.05, 3.63) is 51.6 Å². The maximum Gasteiger partial charge on any atom is 0.202 e. The van der Waals surface area contributed by atoms with Crippen molar-refractivity contribution in [3.63, 3.8) is 0 Å². The number of carbonyl (C=O) groups excluding carboxylic acids is 3. The number of hydrogen-bond donors (Lipinski definition) is 6. The van der Waals surface area contributed by atoms with Crippen molar-refractivity contribution in [1.82, 2.24) is 5.23 Å². The Bertz CT molecular complexity index is 1410. The molecule has 0 unspecified atom stereocenters. The van der Waals surface area contributed by atoms with Crippen LogP contribution in [0.1, 0.15) is 68.8 Å². The molecule has 0 aromatic heterocycles. The molecule has 2 aromatic rings. The average Bonchev–Trinajstić information content (AvgIpc) is 2.94. The molecule has 0 amide bonds. The molecule has 12 nitrogen and oxygen atoms in total. The third-order valence-electron chi connectivity index (χ3n) is 8.13. The zero-order valence-corrected chi connectivity index (χ0v) is 22.1. The lowest BCUT2D eigenvalue weighted by Crippen LogP contribution is -2.54. The number of carbonyl (C=O) groups is 3. The normalized spacial score (nSPS) is 29.4. The average molecular weight is 555 g/mol. The fraction of sp³-hybridized carbons (Fsp3) is 0.444. The van der Waals surface area contributed by atoms with Crippen LogP contribution in [0, 0.1) is 0 Å². The summed E-state index contributed by atoms with van der Waals surface area (Å²) in [5, 5.41) is 57.1. The number of nitrogens with one attached hydrogen (secondary N) is 1. The molecule has 5 rings (SSSR count). The molecule has 212 valence electrons. The van der Waals surface area contributed by atoms with Gasteiger partial charge in [0, 0.05) is 42.0 Å². The van der Waals surface area contributed by atoms with E-state index in [4.69, 9.17) is 14.2 Å². The minimum absolute atomic E-state index is 0.0435. The molecule has 1 heterocycles. The Balaban J connectivity index is 1.68. The van der Waals surface area contributed by atoms with Crippen molar-refractivity contribution in [2.75, 3.05) is 13.7 Å². The number of hydrogen-bond acceptors (Lipinski definition) is 12. The first-order valence-electron chi connectivity index (χ1n) is 12.9. The molecule has 2 aliphatic carbocycles. The Kier molecular flexibility index (Phi) is 7.23. The van der Waals surface area contributed by atoms with Crippen LogP contribution in [-0.2, 0) is 20.7 Å². The van der Waals surface area contributed by atoms with E-state index in [1.165, 1.54) is 25.3 Å². The van der Waals surface area contributed by atoms with Crippen molar-refractivity contribution in [3.8, 4) is 17.2 Å². The third-order valence-corrected chi connectivity index (χ3v) is 8.13. The minimum atomic E-state index is -2.23. The number of phenolic OH excluding ortho intramolecular Hbond substituents is 2. The fourth-order valence-corrected chi connectivity index (χ4v) is 6.00. The molecule has 0 saturated carbocycles. The molecule has 0 spiro atoms. The van der Waals surface area contributed by atoms with Gasteiger partial charge in [0.2, 0.25) is 5.78 Å². The van der Waals surface area contributed by atoms with Crippen LogP contribution < -0.4 is 9.96 Å². The van der Waals surface area contributed by atoms with Gasteiger partial charge in [-0.15, -0.1) is 0 Å². The van der Waals surface area contributed by atoms with Crippen LogP contribution in [0.15, 0.2) is 18.2 Å². The van der Waals surface area contributed by atoms with Crippen LogP contribution in [0.25, 0.3) is 0 Å². The molecule has 40 heavy (non-hydrogen) atoms. The van der Waals surface area contributed by atoms with Crippen molar-refractivity contribution in [1.29, 1.82) is 0 Å². The molecule has 3 aliphatic rings. The van der Waals surface area contributed by atoms with Gasteiger partial charge in [-0.05, 0) is 13.0 Å². The largest absolute Gasteiger partial charge is 0.507 e. The number of benzene rings is 2. The quantitative estimate of drug-likeness (QED) is 0.164. The van der Waals surface area contributed by atoms with Crippen molar-refractivity contribution in [2.45, 2.75) is 62.4 Å². The topological polar surface area (TPSA) is 192 Å². The second-order valence-corrected chi connectivity index (χ2v) is 10.4. The molecule has 0 bridgehead atoms. The van der Waals surface area contributed by atoms with E-state index in [0.717, 1.165) is 0 Å². The summed E-state index contributed by atoms with van der Waals surface area (Å²) in [6.07, 6.45) is -4.66. The molecule has 1 fully saturated rings. The second-order valence-electron chi connectivity index (χ2n) is 10.4. The Morgan fingerprint density at radius 1 is 1.18 bits per heavy atom. The standard InChI is InChI=1S/C27H30BNO11/c1-10-22(32)13(29-28)6-17(39-10)40-15-8-27(37,16(31)9-30)7-12-19(15)26(36)21-20(24(12)34)23(33)11-4-3-5-14(38-2)18(11)25(21)35/h3-5,10,13,15,17,22,29-30,32,34,36-37H,6-9,28H2,1-2H3/t10-,13-,15-,17-,22-,27-/m0/s1. The lowest BCUT2D eigenvalue weighted by atomic mass is 9.72. The monoisotopic (exact) mass is 555 g/mol. The van der Waals surface area contributed by atoms with E-state index in [9.17, 15) is 39.9 Å². The number of aliphatic hydroxyl groups is 3. The number of phenols is 2. The van der Waals surface area contributed by atoms with Gasteiger partial charge in [-0.2, -0.15) is 0 Å². The summed E-state index contributed by atoms with van der Waals surface area (Å²) >= 11 is 0. The summed E-state index contributed by atoms with van der Waals surface area (Å²) in [4.78, 5) is 39.9.